The predicted octanol–water partition coefficient (Wildman–Crippen LogP) is 5.79. The van der Waals surface area contributed by atoms with E-state index in [1.54, 1.807) is 30.3 Å². The van der Waals surface area contributed by atoms with Crippen molar-refractivity contribution in [2.75, 3.05) is 0 Å². The van der Waals surface area contributed by atoms with Gasteiger partial charge in [-0.2, -0.15) is 5.26 Å². The number of carbonyl (C=O) groups excluding carboxylic acids is 1. The van der Waals surface area contributed by atoms with E-state index in [1.165, 1.54) is 12.1 Å². The SMILES string of the molecule is C[C@H](NC(=O)/C(C#N)=C\c1ccc(OCc2ccccc2F)c(I)c1)c1ccccc1. The van der Waals surface area contributed by atoms with Gasteiger partial charge in [-0.25, -0.2) is 4.39 Å². The number of nitriles is 1. The minimum atomic E-state index is -0.436. The van der Waals surface area contributed by atoms with Gasteiger partial charge in [-0.05, 0) is 64.9 Å². The van der Waals surface area contributed by atoms with E-state index in [0.717, 1.165) is 9.13 Å². The van der Waals surface area contributed by atoms with Gasteiger partial charge in [0.1, 0.15) is 29.8 Å². The van der Waals surface area contributed by atoms with Gasteiger partial charge < -0.3 is 10.1 Å². The number of benzene rings is 3. The summed E-state index contributed by atoms with van der Waals surface area (Å²) < 4.78 is 20.3. The van der Waals surface area contributed by atoms with Crippen molar-refractivity contribution in [3.05, 3.63) is 104 Å². The molecule has 0 fully saturated rings. The molecule has 0 aliphatic carbocycles. The second kappa shape index (κ2) is 10.7. The van der Waals surface area contributed by atoms with Gasteiger partial charge in [0.05, 0.1) is 9.61 Å². The van der Waals surface area contributed by atoms with Crippen LogP contribution < -0.4 is 10.1 Å². The molecule has 0 saturated carbocycles. The van der Waals surface area contributed by atoms with Crippen molar-refractivity contribution in [1.82, 2.24) is 5.32 Å². The molecule has 6 heteroatoms. The molecule has 0 heterocycles. The maximum Gasteiger partial charge on any atom is 0.262 e. The molecule has 0 bridgehead atoms. The second-order valence-corrected chi connectivity index (χ2v) is 8.01. The van der Waals surface area contributed by atoms with Gasteiger partial charge >= 0.3 is 0 Å². The molecule has 0 unspecified atom stereocenters. The Morgan fingerprint density at radius 1 is 1.16 bits per heavy atom. The number of amides is 1. The van der Waals surface area contributed by atoms with Crippen molar-refractivity contribution in [3.8, 4) is 11.8 Å². The standard InChI is InChI=1S/C25H20FIN2O2/c1-17(19-7-3-2-4-8-19)29-25(30)21(15-28)13-18-11-12-24(23(27)14-18)31-16-20-9-5-6-10-22(20)26/h2-14,17H,16H2,1H3,(H,29,30)/b21-13-/t17-/m0/s1. The molecule has 0 aromatic heterocycles. The second-order valence-electron chi connectivity index (χ2n) is 6.85. The predicted molar refractivity (Wildman–Crippen MR) is 126 cm³/mol. The van der Waals surface area contributed by atoms with E-state index < -0.39 is 5.91 Å². The van der Waals surface area contributed by atoms with Crippen LogP contribution in [0.4, 0.5) is 4.39 Å². The van der Waals surface area contributed by atoms with Gasteiger partial charge in [0.25, 0.3) is 5.91 Å². The quantitative estimate of drug-likeness (QED) is 0.241. The summed E-state index contributed by atoms with van der Waals surface area (Å²) in [4.78, 5) is 12.5. The molecule has 0 aliphatic rings. The van der Waals surface area contributed by atoms with E-state index >= 15 is 0 Å². The average molecular weight is 526 g/mol. The third-order valence-corrected chi connectivity index (χ3v) is 5.46. The number of nitrogens with zero attached hydrogens (tertiary/aromatic N) is 1. The van der Waals surface area contributed by atoms with Crippen molar-refractivity contribution in [2.45, 2.75) is 19.6 Å². The highest BCUT2D eigenvalue weighted by Gasteiger charge is 2.14. The zero-order valence-electron chi connectivity index (χ0n) is 16.8. The number of rotatable bonds is 7. The lowest BCUT2D eigenvalue weighted by atomic mass is 10.1. The Morgan fingerprint density at radius 2 is 1.87 bits per heavy atom. The van der Waals surface area contributed by atoms with E-state index in [2.05, 4.69) is 27.9 Å². The van der Waals surface area contributed by atoms with Crippen LogP contribution in [0.25, 0.3) is 6.08 Å². The van der Waals surface area contributed by atoms with E-state index in [9.17, 15) is 14.4 Å². The third-order valence-electron chi connectivity index (χ3n) is 4.62. The zero-order valence-corrected chi connectivity index (χ0v) is 19.0. The van der Waals surface area contributed by atoms with Gasteiger partial charge in [-0.3, -0.25) is 4.79 Å². The van der Waals surface area contributed by atoms with Gasteiger partial charge in [0, 0.05) is 5.56 Å². The molecular formula is C25H20FIN2O2. The van der Waals surface area contributed by atoms with Crippen LogP contribution in [0.1, 0.15) is 29.7 Å². The first-order chi connectivity index (χ1) is 15.0. The number of hydrogen-bond acceptors (Lipinski definition) is 3. The summed E-state index contributed by atoms with van der Waals surface area (Å²) in [5.41, 5.74) is 2.14. The molecule has 0 radical (unpaired) electrons. The van der Waals surface area contributed by atoms with Crippen LogP contribution in [0.3, 0.4) is 0 Å². The zero-order chi connectivity index (χ0) is 22.2. The molecule has 3 aromatic rings. The normalized spacial score (nSPS) is 12.0. The number of nitrogens with one attached hydrogen (secondary N) is 1. The Kier molecular flexibility index (Phi) is 7.79. The summed E-state index contributed by atoms with van der Waals surface area (Å²) in [5, 5.41) is 12.3. The molecule has 3 aromatic carbocycles. The lowest BCUT2D eigenvalue weighted by Gasteiger charge is -2.14. The smallest absolute Gasteiger partial charge is 0.262 e. The molecule has 1 N–H and O–H groups in total. The highest BCUT2D eigenvalue weighted by Crippen LogP contribution is 2.25. The van der Waals surface area contributed by atoms with Crippen LogP contribution in [0.15, 0.2) is 78.4 Å². The Bertz CT molecular complexity index is 1140. The molecule has 1 amide bonds. The Morgan fingerprint density at radius 3 is 2.55 bits per heavy atom. The minimum Gasteiger partial charge on any atom is -0.488 e. The van der Waals surface area contributed by atoms with Crippen LogP contribution in [-0.4, -0.2) is 5.91 Å². The Labute approximate surface area is 194 Å². The fourth-order valence-corrected chi connectivity index (χ4v) is 3.60. The van der Waals surface area contributed by atoms with Crippen LogP contribution in [0.5, 0.6) is 5.75 Å². The first-order valence-corrected chi connectivity index (χ1v) is 10.7. The molecule has 3 rings (SSSR count). The van der Waals surface area contributed by atoms with E-state index in [0.29, 0.717) is 16.9 Å². The first-order valence-electron chi connectivity index (χ1n) is 9.61. The molecule has 0 aliphatic heterocycles. The van der Waals surface area contributed by atoms with Gasteiger partial charge in [0.15, 0.2) is 0 Å². The lowest BCUT2D eigenvalue weighted by Crippen LogP contribution is -2.27. The Balaban J connectivity index is 1.69. The van der Waals surface area contributed by atoms with E-state index in [1.807, 2.05) is 49.4 Å². The average Bonchev–Trinajstić information content (AvgIpc) is 2.78. The van der Waals surface area contributed by atoms with E-state index in [4.69, 9.17) is 4.74 Å². The molecule has 1 atom stereocenters. The van der Waals surface area contributed by atoms with Crippen molar-refractivity contribution in [1.29, 1.82) is 5.26 Å². The molecule has 31 heavy (non-hydrogen) atoms. The summed E-state index contributed by atoms with van der Waals surface area (Å²) in [5.74, 6) is -0.151. The maximum atomic E-state index is 13.8. The highest BCUT2D eigenvalue weighted by atomic mass is 127. The topological polar surface area (TPSA) is 62.1 Å². The summed E-state index contributed by atoms with van der Waals surface area (Å²) in [6, 6.07) is 23.1. The Hall–Kier alpha value is -3.18. The molecule has 0 spiro atoms. The summed E-state index contributed by atoms with van der Waals surface area (Å²) >= 11 is 2.11. The molecular weight excluding hydrogens is 506 g/mol. The van der Waals surface area contributed by atoms with Crippen molar-refractivity contribution < 1.29 is 13.9 Å². The van der Waals surface area contributed by atoms with Gasteiger partial charge in [-0.15, -0.1) is 0 Å². The maximum absolute atomic E-state index is 13.8. The largest absolute Gasteiger partial charge is 0.488 e. The summed E-state index contributed by atoms with van der Waals surface area (Å²) in [6.45, 7) is 1.98. The van der Waals surface area contributed by atoms with Crippen LogP contribution in [-0.2, 0) is 11.4 Å². The lowest BCUT2D eigenvalue weighted by molar-refractivity contribution is -0.117. The van der Waals surface area contributed by atoms with Crippen molar-refractivity contribution in [2.24, 2.45) is 0 Å². The van der Waals surface area contributed by atoms with E-state index in [-0.39, 0.29) is 24.0 Å². The van der Waals surface area contributed by atoms with Crippen LogP contribution in [0, 0.1) is 20.7 Å². The van der Waals surface area contributed by atoms with Crippen molar-refractivity contribution in [3.63, 3.8) is 0 Å². The highest BCUT2D eigenvalue weighted by molar-refractivity contribution is 14.1. The first kappa shape index (κ1) is 22.5. The number of hydrogen-bond donors (Lipinski definition) is 1. The van der Waals surface area contributed by atoms with Gasteiger partial charge in [-0.1, -0.05) is 54.6 Å². The summed E-state index contributed by atoms with van der Waals surface area (Å²) in [6.07, 6.45) is 1.54. The fourth-order valence-electron chi connectivity index (χ4n) is 2.91. The van der Waals surface area contributed by atoms with Crippen LogP contribution in [0.2, 0.25) is 0 Å². The van der Waals surface area contributed by atoms with Crippen LogP contribution >= 0.6 is 22.6 Å². The third kappa shape index (κ3) is 6.15. The fraction of sp³-hybridized carbons (Fsp3) is 0.120. The van der Waals surface area contributed by atoms with Gasteiger partial charge in [0.2, 0.25) is 0 Å². The number of carbonyl (C=O) groups is 1. The monoisotopic (exact) mass is 526 g/mol. The van der Waals surface area contributed by atoms with Crippen molar-refractivity contribution >= 4 is 34.6 Å². The molecule has 156 valence electrons. The number of halogens is 2. The molecule has 0 saturated heterocycles. The minimum absolute atomic E-state index is 0.0126. The summed E-state index contributed by atoms with van der Waals surface area (Å²) in [7, 11) is 0. The number of ether oxygens (including phenoxy) is 1. The molecule has 4 nitrogen and oxygen atoms in total.